The summed E-state index contributed by atoms with van der Waals surface area (Å²) in [6, 6.07) is 15.8. The Balaban J connectivity index is 2.10. The lowest BCUT2D eigenvalue weighted by Crippen LogP contribution is -2.00. The highest BCUT2D eigenvalue weighted by atomic mass is 16.5. The first kappa shape index (κ1) is 17.6. The lowest BCUT2D eigenvalue weighted by atomic mass is 10.1. The average molecular weight is 347 g/mol. The normalized spacial score (nSPS) is 11.4. The lowest BCUT2D eigenvalue weighted by molar-refractivity contribution is 0.311. The van der Waals surface area contributed by atoms with Crippen molar-refractivity contribution in [3.8, 4) is 17.6 Å². The van der Waals surface area contributed by atoms with Crippen LogP contribution in [0.3, 0.4) is 0 Å². The van der Waals surface area contributed by atoms with Crippen LogP contribution in [0.5, 0.6) is 11.5 Å². The lowest BCUT2D eigenvalue weighted by Gasteiger charge is -2.10. The van der Waals surface area contributed by atoms with Gasteiger partial charge in [-0.2, -0.15) is 5.26 Å². The fraction of sp³-hybridized carbons (Fsp3) is 0.238. The topological polar surface area (TPSA) is 60.1 Å². The van der Waals surface area contributed by atoms with Crippen LogP contribution in [0, 0.1) is 11.3 Å². The van der Waals surface area contributed by atoms with Crippen molar-refractivity contribution in [1.29, 1.82) is 5.26 Å². The average Bonchev–Trinajstić information content (AvgIpc) is 3.05. The Hall–Kier alpha value is -3.26. The van der Waals surface area contributed by atoms with Gasteiger partial charge in [-0.15, -0.1) is 0 Å². The van der Waals surface area contributed by atoms with E-state index in [2.05, 4.69) is 15.6 Å². The van der Waals surface area contributed by atoms with Gasteiger partial charge in [-0.3, -0.25) is 0 Å². The van der Waals surface area contributed by atoms with Gasteiger partial charge in [-0.1, -0.05) is 18.2 Å². The van der Waals surface area contributed by atoms with Gasteiger partial charge in [0.05, 0.1) is 30.3 Å². The van der Waals surface area contributed by atoms with Gasteiger partial charge in [0.25, 0.3) is 0 Å². The standard InChI is InChI=1S/C21H21N3O2/c1-4-24-18-9-7-6-8-17(18)23-21(24)16(14-22)12-15-10-11-19(25-3)20(13-15)26-5-2/h6-13H,4-5H2,1-3H3/b16-12-. The molecule has 0 saturated heterocycles. The van der Waals surface area contributed by atoms with Gasteiger partial charge in [0, 0.05) is 6.54 Å². The van der Waals surface area contributed by atoms with E-state index in [-0.39, 0.29) is 0 Å². The molecule has 26 heavy (non-hydrogen) atoms. The molecule has 0 spiro atoms. The van der Waals surface area contributed by atoms with E-state index in [9.17, 15) is 5.26 Å². The molecular weight excluding hydrogens is 326 g/mol. The molecule has 1 aromatic heterocycles. The van der Waals surface area contributed by atoms with Crippen molar-refractivity contribution in [3.05, 3.63) is 53.9 Å². The maximum Gasteiger partial charge on any atom is 0.161 e. The van der Waals surface area contributed by atoms with Crippen LogP contribution < -0.4 is 9.47 Å². The van der Waals surface area contributed by atoms with Crippen LogP contribution in [0.2, 0.25) is 0 Å². The molecule has 0 fully saturated rings. The zero-order valence-electron chi connectivity index (χ0n) is 15.2. The largest absolute Gasteiger partial charge is 0.493 e. The van der Waals surface area contributed by atoms with Crippen molar-refractivity contribution in [2.24, 2.45) is 0 Å². The van der Waals surface area contributed by atoms with Crippen LogP contribution in [0.1, 0.15) is 25.2 Å². The second-order valence-electron chi connectivity index (χ2n) is 5.68. The molecule has 132 valence electrons. The van der Waals surface area contributed by atoms with Crippen LogP contribution in [0.15, 0.2) is 42.5 Å². The van der Waals surface area contributed by atoms with Gasteiger partial charge in [0.15, 0.2) is 17.3 Å². The van der Waals surface area contributed by atoms with E-state index >= 15 is 0 Å². The molecule has 0 radical (unpaired) electrons. The van der Waals surface area contributed by atoms with Crippen LogP contribution in [0.25, 0.3) is 22.7 Å². The van der Waals surface area contributed by atoms with Crippen LogP contribution in [-0.2, 0) is 6.54 Å². The molecule has 0 saturated carbocycles. The summed E-state index contributed by atoms with van der Waals surface area (Å²) < 4.78 is 13.0. The van der Waals surface area contributed by atoms with Crippen molar-refractivity contribution in [3.63, 3.8) is 0 Å². The predicted octanol–water partition coefficient (Wildman–Crippen LogP) is 4.53. The van der Waals surface area contributed by atoms with E-state index in [4.69, 9.17) is 9.47 Å². The molecule has 2 aromatic carbocycles. The molecule has 0 aliphatic heterocycles. The minimum absolute atomic E-state index is 0.510. The van der Waals surface area contributed by atoms with Crippen LogP contribution >= 0.6 is 0 Å². The van der Waals surface area contributed by atoms with Gasteiger partial charge in [-0.05, 0) is 49.8 Å². The highest BCUT2D eigenvalue weighted by Gasteiger charge is 2.14. The molecule has 0 aliphatic rings. The minimum Gasteiger partial charge on any atom is -0.493 e. The highest BCUT2D eigenvalue weighted by Crippen LogP contribution is 2.30. The second kappa shape index (κ2) is 7.75. The summed E-state index contributed by atoms with van der Waals surface area (Å²) >= 11 is 0. The number of aryl methyl sites for hydroxylation is 1. The maximum atomic E-state index is 9.73. The smallest absolute Gasteiger partial charge is 0.161 e. The summed E-state index contributed by atoms with van der Waals surface area (Å²) in [5.41, 5.74) is 3.28. The van der Waals surface area contributed by atoms with Crippen molar-refractivity contribution in [2.75, 3.05) is 13.7 Å². The molecule has 0 amide bonds. The van der Waals surface area contributed by atoms with Crippen molar-refractivity contribution >= 4 is 22.7 Å². The number of para-hydroxylation sites is 2. The summed E-state index contributed by atoms with van der Waals surface area (Å²) in [6.45, 7) is 5.25. The molecule has 0 aliphatic carbocycles. The highest BCUT2D eigenvalue weighted by molar-refractivity contribution is 5.91. The third-order valence-corrected chi connectivity index (χ3v) is 4.13. The SMILES string of the molecule is CCOc1cc(/C=C(/C#N)c2nc3ccccc3n2CC)ccc1OC. The molecular formula is C21H21N3O2. The summed E-state index contributed by atoms with van der Waals surface area (Å²) in [5, 5.41) is 9.73. The number of methoxy groups -OCH3 is 1. The Bertz CT molecular complexity index is 996. The first-order valence-corrected chi connectivity index (χ1v) is 8.60. The molecule has 3 rings (SSSR count). The van der Waals surface area contributed by atoms with Gasteiger partial charge < -0.3 is 14.0 Å². The van der Waals surface area contributed by atoms with Gasteiger partial charge in [0.1, 0.15) is 6.07 Å². The molecule has 0 N–H and O–H groups in total. The molecule has 3 aromatic rings. The van der Waals surface area contributed by atoms with Gasteiger partial charge >= 0.3 is 0 Å². The maximum absolute atomic E-state index is 9.73. The number of fused-ring (bicyclic) bond motifs is 1. The molecule has 0 atom stereocenters. The molecule has 1 heterocycles. The monoisotopic (exact) mass is 347 g/mol. The molecule has 0 bridgehead atoms. The molecule has 5 heteroatoms. The number of hydrogen-bond donors (Lipinski definition) is 0. The number of ether oxygens (including phenoxy) is 2. The predicted molar refractivity (Wildman–Crippen MR) is 103 cm³/mol. The Morgan fingerprint density at radius 2 is 2.00 bits per heavy atom. The third-order valence-electron chi connectivity index (χ3n) is 4.13. The number of rotatable bonds is 6. The number of benzene rings is 2. The van der Waals surface area contributed by atoms with Crippen LogP contribution in [-0.4, -0.2) is 23.3 Å². The van der Waals surface area contributed by atoms with Gasteiger partial charge in [-0.25, -0.2) is 4.98 Å². The fourth-order valence-electron chi connectivity index (χ4n) is 2.97. The number of nitrogens with zero attached hydrogens (tertiary/aromatic N) is 3. The van der Waals surface area contributed by atoms with E-state index < -0.39 is 0 Å². The summed E-state index contributed by atoms with van der Waals surface area (Å²) in [4.78, 5) is 4.66. The summed E-state index contributed by atoms with van der Waals surface area (Å²) in [5.74, 6) is 2.00. The number of hydrogen-bond acceptors (Lipinski definition) is 4. The zero-order valence-corrected chi connectivity index (χ0v) is 15.2. The third kappa shape index (κ3) is 3.27. The van der Waals surface area contributed by atoms with Crippen molar-refractivity contribution in [1.82, 2.24) is 9.55 Å². The number of nitriles is 1. The quantitative estimate of drug-likeness (QED) is 0.615. The number of imidazole rings is 1. The molecule has 0 unspecified atom stereocenters. The van der Waals surface area contributed by atoms with E-state index in [0.717, 1.165) is 23.1 Å². The van der Waals surface area contributed by atoms with Crippen molar-refractivity contribution in [2.45, 2.75) is 20.4 Å². The second-order valence-corrected chi connectivity index (χ2v) is 5.68. The van der Waals surface area contributed by atoms with E-state index in [1.165, 1.54) is 0 Å². The Kier molecular flexibility index (Phi) is 5.23. The number of allylic oxidation sites excluding steroid dienone is 1. The summed E-state index contributed by atoms with van der Waals surface area (Å²) in [7, 11) is 1.61. The van der Waals surface area contributed by atoms with E-state index in [1.54, 1.807) is 7.11 Å². The fourth-order valence-corrected chi connectivity index (χ4v) is 2.97. The Morgan fingerprint density at radius 3 is 2.69 bits per heavy atom. The zero-order chi connectivity index (χ0) is 18.5. The molecule has 5 nitrogen and oxygen atoms in total. The minimum atomic E-state index is 0.510. The summed E-state index contributed by atoms with van der Waals surface area (Å²) in [6.07, 6.45) is 1.83. The van der Waals surface area contributed by atoms with Gasteiger partial charge in [0.2, 0.25) is 0 Å². The Morgan fingerprint density at radius 1 is 1.19 bits per heavy atom. The number of aromatic nitrogens is 2. The van der Waals surface area contributed by atoms with Crippen molar-refractivity contribution < 1.29 is 9.47 Å². The first-order valence-electron chi connectivity index (χ1n) is 8.60. The first-order chi connectivity index (χ1) is 12.7. The van der Waals surface area contributed by atoms with Crippen LogP contribution in [0.4, 0.5) is 0 Å². The Labute approximate surface area is 153 Å². The van der Waals surface area contributed by atoms with E-state index in [0.29, 0.717) is 29.5 Å². The van der Waals surface area contributed by atoms with E-state index in [1.807, 2.05) is 62.4 Å².